The van der Waals surface area contributed by atoms with E-state index in [9.17, 15) is 5.11 Å². The number of hydrogen-bond acceptors (Lipinski definition) is 3. The molecule has 0 unspecified atom stereocenters. The minimum Gasteiger partial charge on any atom is -0.392 e. The second-order valence-electron chi connectivity index (χ2n) is 4.85. The summed E-state index contributed by atoms with van der Waals surface area (Å²) in [6.45, 7) is 2.23. The van der Waals surface area contributed by atoms with Crippen LogP contribution in [0, 0.1) is 5.92 Å². The standard InChI is InChI=1S/C12H23NOS2/c1-4-5-9-6-7-10(14)11(8-9)16-12(15)13(2)3/h9-11,14H,4-8H2,1-3H3/t9-,10-,11-/m1/s1. The van der Waals surface area contributed by atoms with Crippen molar-refractivity contribution in [3.8, 4) is 0 Å². The lowest BCUT2D eigenvalue weighted by atomic mass is 9.84. The predicted octanol–water partition coefficient (Wildman–Crippen LogP) is 2.90. The predicted molar refractivity (Wildman–Crippen MR) is 75.9 cm³/mol. The molecular formula is C12H23NOS2. The topological polar surface area (TPSA) is 23.5 Å². The summed E-state index contributed by atoms with van der Waals surface area (Å²) in [6.07, 6.45) is 5.61. The number of hydrogen-bond donors (Lipinski definition) is 1. The Bertz CT molecular complexity index is 233. The zero-order valence-electron chi connectivity index (χ0n) is 10.5. The first-order valence-corrected chi connectivity index (χ1v) is 7.39. The third kappa shape index (κ3) is 4.22. The highest BCUT2D eigenvalue weighted by atomic mass is 32.2. The molecule has 4 heteroatoms. The molecule has 0 spiro atoms. The molecular weight excluding hydrogens is 238 g/mol. The molecule has 0 aromatic carbocycles. The summed E-state index contributed by atoms with van der Waals surface area (Å²) in [5.41, 5.74) is 0. The maximum Gasteiger partial charge on any atom is 0.136 e. The minimum atomic E-state index is -0.170. The molecule has 1 rings (SSSR count). The van der Waals surface area contributed by atoms with Crippen molar-refractivity contribution in [3.63, 3.8) is 0 Å². The van der Waals surface area contributed by atoms with Crippen molar-refractivity contribution < 1.29 is 5.11 Å². The Hall–Kier alpha value is 0.200. The highest BCUT2D eigenvalue weighted by Gasteiger charge is 2.30. The lowest BCUT2D eigenvalue weighted by molar-refractivity contribution is 0.113. The van der Waals surface area contributed by atoms with Crippen LogP contribution >= 0.6 is 24.0 Å². The van der Waals surface area contributed by atoms with Crippen LogP contribution in [0.1, 0.15) is 39.0 Å². The van der Waals surface area contributed by atoms with Crippen molar-refractivity contribution in [2.45, 2.75) is 50.4 Å². The second-order valence-corrected chi connectivity index (χ2v) is 6.72. The highest BCUT2D eigenvalue weighted by Crippen LogP contribution is 2.35. The van der Waals surface area contributed by atoms with Gasteiger partial charge in [0.25, 0.3) is 0 Å². The molecule has 3 atom stereocenters. The summed E-state index contributed by atoms with van der Waals surface area (Å²) in [4.78, 5) is 1.95. The van der Waals surface area contributed by atoms with E-state index in [0.717, 1.165) is 23.1 Å². The maximum absolute atomic E-state index is 9.99. The quantitative estimate of drug-likeness (QED) is 0.789. The Labute approximate surface area is 109 Å². The molecule has 0 radical (unpaired) electrons. The lowest BCUT2D eigenvalue weighted by Gasteiger charge is -2.33. The molecule has 2 nitrogen and oxygen atoms in total. The molecule has 1 aliphatic carbocycles. The first kappa shape index (κ1) is 14.3. The molecule has 1 aliphatic rings. The van der Waals surface area contributed by atoms with Crippen LogP contribution < -0.4 is 0 Å². The molecule has 0 amide bonds. The zero-order valence-corrected chi connectivity index (χ0v) is 12.1. The Morgan fingerprint density at radius 3 is 2.69 bits per heavy atom. The van der Waals surface area contributed by atoms with E-state index in [1.165, 1.54) is 19.3 Å². The van der Waals surface area contributed by atoms with Gasteiger partial charge >= 0.3 is 0 Å². The summed E-state index contributed by atoms with van der Waals surface area (Å²) < 4.78 is 0.890. The highest BCUT2D eigenvalue weighted by molar-refractivity contribution is 8.23. The molecule has 16 heavy (non-hydrogen) atoms. The first-order valence-electron chi connectivity index (χ1n) is 6.10. The molecule has 1 fully saturated rings. The average Bonchev–Trinajstić information content (AvgIpc) is 2.23. The van der Waals surface area contributed by atoms with Gasteiger partial charge in [-0.25, -0.2) is 0 Å². The van der Waals surface area contributed by atoms with Crippen LogP contribution in [0.5, 0.6) is 0 Å². The van der Waals surface area contributed by atoms with Crippen molar-refractivity contribution in [3.05, 3.63) is 0 Å². The molecule has 1 N–H and O–H groups in total. The van der Waals surface area contributed by atoms with E-state index in [4.69, 9.17) is 12.2 Å². The SMILES string of the molecule is CCC[C@@H]1CC[C@@H](O)[C@H](SC(=S)N(C)C)C1. The van der Waals surface area contributed by atoms with E-state index in [-0.39, 0.29) is 6.10 Å². The van der Waals surface area contributed by atoms with Gasteiger partial charge in [0.05, 0.1) is 6.10 Å². The summed E-state index contributed by atoms with van der Waals surface area (Å²) in [7, 11) is 3.93. The van der Waals surface area contributed by atoms with Gasteiger partial charge < -0.3 is 10.0 Å². The van der Waals surface area contributed by atoms with E-state index in [1.54, 1.807) is 11.8 Å². The van der Waals surface area contributed by atoms with Gasteiger partial charge in [0, 0.05) is 19.3 Å². The Balaban J connectivity index is 2.46. The molecule has 1 saturated carbocycles. The van der Waals surface area contributed by atoms with Crippen LogP contribution in [0.25, 0.3) is 0 Å². The summed E-state index contributed by atoms with van der Waals surface area (Å²) >= 11 is 6.97. The van der Waals surface area contributed by atoms with Crippen molar-refractivity contribution in [2.75, 3.05) is 14.1 Å². The largest absolute Gasteiger partial charge is 0.392 e. The fourth-order valence-electron chi connectivity index (χ4n) is 2.23. The van der Waals surface area contributed by atoms with E-state index >= 15 is 0 Å². The van der Waals surface area contributed by atoms with Crippen LogP contribution in [0.3, 0.4) is 0 Å². The smallest absolute Gasteiger partial charge is 0.136 e. The molecule has 0 heterocycles. The van der Waals surface area contributed by atoms with Crippen LogP contribution in [-0.4, -0.2) is 39.8 Å². The molecule has 0 aromatic rings. The molecule has 94 valence electrons. The monoisotopic (exact) mass is 261 g/mol. The number of aliphatic hydroxyl groups excluding tert-OH is 1. The third-order valence-electron chi connectivity index (χ3n) is 3.18. The number of aliphatic hydroxyl groups is 1. The average molecular weight is 261 g/mol. The van der Waals surface area contributed by atoms with Gasteiger partial charge in [-0.1, -0.05) is 43.7 Å². The summed E-state index contributed by atoms with van der Waals surface area (Å²) in [5.74, 6) is 0.788. The van der Waals surface area contributed by atoms with E-state index in [2.05, 4.69) is 6.92 Å². The maximum atomic E-state index is 9.99. The van der Waals surface area contributed by atoms with Crippen LogP contribution in [0.2, 0.25) is 0 Å². The fourth-order valence-corrected chi connectivity index (χ4v) is 3.73. The second kappa shape index (κ2) is 6.82. The van der Waals surface area contributed by atoms with E-state index < -0.39 is 0 Å². The van der Waals surface area contributed by atoms with Gasteiger partial charge in [0.1, 0.15) is 4.32 Å². The molecule has 0 saturated heterocycles. The normalized spacial score (nSPS) is 30.1. The van der Waals surface area contributed by atoms with Crippen LogP contribution in [0.4, 0.5) is 0 Å². The minimum absolute atomic E-state index is 0.170. The van der Waals surface area contributed by atoms with Crippen LogP contribution in [0.15, 0.2) is 0 Å². The van der Waals surface area contributed by atoms with Gasteiger partial charge in [-0.3, -0.25) is 0 Å². The lowest BCUT2D eigenvalue weighted by Crippen LogP contribution is -2.34. The van der Waals surface area contributed by atoms with Crippen molar-refractivity contribution in [2.24, 2.45) is 5.92 Å². The Kier molecular flexibility index (Phi) is 6.08. The third-order valence-corrected chi connectivity index (χ3v) is 5.21. The number of thiocarbonyl (C=S) groups is 1. The summed E-state index contributed by atoms with van der Waals surface area (Å²) in [6, 6.07) is 0. The fraction of sp³-hybridized carbons (Fsp3) is 0.917. The zero-order chi connectivity index (χ0) is 12.1. The van der Waals surface area contributed by atoms with E-state index in [1.807, 2.05) is 19.0 Å². The first-order chi connectivity index (χ1) is 7.54. The molecule has 0 aromatic heterocycles. The van der Waals surface area contributed by atoms with Crippen molar-refractivity contribution >= 4 is 28.3 Å². The van der Waals surface area contributed by atoms with Gasteiger partial charge in [-0.2, -0.15) is 0 Å². The molecule has 0 bridgehead atoms. The van der Waals surface area contributed by atoms with Crippen LogP contribution in [-0.2, 0) is 0 Å². The Morgan fingerprint density at radius 2 is 2.12 bits per heavy atom. The van der Waals surface area contributed by atoms with Gasteiger partial charge in [0.15, 0.2) is 0 Å². The summed E-state index contributed by atoms with van der Waals surface area (Å²) in [5, 5.41) is 10.3. The van der Waals surface area contributed by atoms with Crippen molar-refractivity contribution in [1.82, 2.24) is 4.90 Å². The molecule has 0 aliphatic heterocycles. The number of nitrogens with zero attached hydrogens (tertiary/aromatic N) is 1. The Morgan fingerprint density at radius 1 is 1.44 bits per heavy atom. The number of rotatable bonds is 3. The number of thioether (sulfide) groups is 1. The van der Waals surface area contributed by atoms with Crippen molar-refractivity contribution in [1.29, 1.82) is 0 Å². The van der Waals surface area contributed by atoms with Gasteiger partial charge in [-0.05, 0) is 25.2 Å². The van der Waals surface area contributed by atoms with E-state index in [0.29, 0.717) is 5.25 Å². The van der Waals surface area contributed by atoms with Gasteiger partial charge in [0.2, 0.25) is 0 Å². The van der Waals surface area contributed by atoms with Gasteiger partial charge in [-0.15, -0.1) is 0 Å².